The van der Waals surface area contributed by atoms with Crippen molar-refractivity contribution in [3.63, 3.8) is 0 Å². The van der Waals surface area contributed by atoms with E-state index in [1.54, 1.807) is 42.3 Å². The first kappa shape index (κ1) is 21.2. The van der Waals surface area contributed by atoms with E-state index in [2.05, 4.69) is 15.0 Å². The van der Waals surface area contributed by atoms with Crippen LogP contribution in [0, 0.1) is 6.92 Å². The van der Waals surface area contributed by atoms with Crippen molar-refractivity contribution < 1.29 is 9.53 Å². The van der Waals surface area contributed by atoms with Crippen LogP contribution in [-0.4, -0.2) is 63.8 Å². The molecule has 1 fully saturated rings. The van der Waals surface area contributed by atoms with E-state index < -0.39 is 0 Å². The topological polar surface area (TPSA) is 76.4 Å². The van der Waals surface area contributed by atoms with Crippen molar-refractivity contribution in [3.05, 3.63) is 71.1 Å². The van der Waals surface area contributed by atoms with Crippen LogP contribution in [0.1, 0.15) is 16.2 Å². The van der Waals surface area contributed by atoms with Gasteiger partial charge in [-0.1, -0.05) is 17.7 Å². The van der Waals surface area contributed by atoms with E-state index in [0.717, 1.165) is 28.3 Å². The zero-order chi connectivity index (χ0) is 22.9. The van der Waals surface area contributed by atoms with Crippen molar-refractivity contribution in [2.75, 3.05) is 38.2 Å². The number of rotatable bonds is 4. The van der Waals surface area contributed by atoms with E-state index in [1.807, 2.05) is 36.1 Å². The summed E-state index contributed by atoms with van der Waals surface area (Å²) in [6.45, 7) is 4.45. The molecule has 1 amide bonds. The molecule has 4 aromatic rings. The molecule has 0 aliphatic carbocycles. The number of benzene rings is 2. The fourth-order valence-electron chi connectivity index (χ4n) is 4.07. The summed E-state index contributed by atoms with van der Waals surface area (Å²) >= 11 is 6.18. The maximum atomic E-state index is 12.9. The Morgan fingerprint density at radius 2 is 1.79 bits per heavy atom. The maximum Gasteiger partial charge on any atom is 0.253 e. The molecule has 8 nitrogen and oxygen atoms in total. The number of carbonyl (C=O) groups excluding carboxylic acids is 1. The fraction of sp³-hybridized carbons (Fsp3) is 0.250. The monoisotopic (exact) mass is 462 g/mol. The van der Waals surface area contributed by atoms with Gasteiger partial charge in [0.05, 0.1) is 24.4 Å². The second-order valence-corrected chi connectivity index (χ2v) is 8.31. The largest absolute Gasteiger partial charge is 0.497 e. The van der Waals surface area contributed by atoms with E-state index in [9.17, 15) is 4.79 Å². The van der Waals surface area contributed by atoms with Crippen molar-refractivity contribution in [1.29, 1.82) is 0 Å². The molecule has 0 spiro atoms. The molecule has 2 aromatic heterocycles. The third-order valence-electron chi connectivity index (χ3n) is 5.78. The quantitative estimate of drug-likeness (QED) is 0.459. The molecule has 0 unspecified atom stereocenters. The Morgan fingerprint density at radius 3 is 2.48 bits per heavy atom. The molecule has 1 saturated heterocycles. The van der Waals surface area contributed by atoms with Crippen LogP contribution in [-0.2, 0) is 0 Å². The molecular formula is C24H23ClN6O2. The summed E-state index contributed by atoms with van der Waals surface area (Å²) in [6.07, 6.45) is 1.79. The number of hydrogen-bond acceptors (Lipinski definition) is 6. The van der Waals surface area contributed by atoms with E-state index >= 15 is 0 Å². The van der Waals surface area contributed by atoms with Gasteiger partial charge in [0.15, 0.2) is 5.65 Å². The number of piperazine rings is 1. The third kappa shape index (κ3) is 4.09. The first-order valence-corrected chi connectivity index (χ1v) is 11.1. The number of hydrogen-bond donors (Lipinski definition) is 0. The van der Waals surface area contributed by atoms with Crippen LogP contribution < -0.4 is 9.64 Å². The Morgan fingerprint density at radius 1 is 1.03 bits per heavy atom. The summed E-state index contributed by atoms with van der Waals surface area (Å²) in [6, 6.07) is 14.7. The lowest BCUT2D eigenvalue weighted by molar-refractivity contribution is 0.0746. The average Bonchev–Trinajstić information content (AvgIpc) is 3.27. The number of aromatic nitrogens is 4. The Kier molecular flexibility index (Phi) is 5.60. The predicted octanol–water partition coefficient (Wildman–Crippen LogP) is 3.75. The summed E-state index contributed by atoms with van der Waals surface area (Å²) in [5.41, 5.74) is 2.24. The van der Waals surface area contributed by atoms with Gasteiger partial charge >= 0.3 is 0 Å². The number of amides is 1. The van der Waals surface area contributed by atoms with E-state index in [1.165, 1.54) is 0 Å². The van der Waals surface area contributed by atoms with Crippen LogP contribution in [0.2, 0.25) is 5.02 Å². The van der Waals surface area contributed by atoms with Crippen LogP contribution >= 0.6 is 11.6 Å². The smallest absolute Gasteiger partial charge is 0.253 e. The van der Waals surface area contributed by atoms with Gasteiger partial charge < -0.3 is 14.5 Å². The molecule has 0 atom stereocenters. The Balaban J connectivity index is 1.38. The van der Waals surface area contributed by atoms with Crippen molar-refractivity contribution in [2.45, 2.75) is 6.92 Å². The number of anilines is 1. The Labute approximate surface area is 196 Å². The van der Waals surface area contributed by atoms with Crippen LogP contribution in [0.25, 0.3) is 16.7 Å². The molecule has 0 bridgehead atoms. The van der Waals surface area contributed by atoms with Gasteiger partial charge in [0.2, 0.25) is 0 Å². The summed E-state index contributed by atoms with van der Waals surface area (Å²) in [5.74, 6) is 2.26. The maximum absolute atomic E-state index is 12.9. The van der Waals surface area contributed by atoms with E-state index in [4.69, 9.17) is 21.3 Å². The SMILES string of the molecule is COc1ccc(C(=O)N2CCN(c3nc(C)nc4c3cnn4-c3cccc(Cl)c3)CC2)cc1. The van der Waals surface area contributed by atoms with E-state index in [-0.39, 0.29) is 5.91 Å². The molecule has 2 aromatic carbocycles. The molecule has 9 heteroatoms. The van der Waals surface area contributed by atoms with Gasteiger partial charge in [0, 0.05) is 36.8 Å². The van der Waals surface area contributed by atoms with Gasteiger partial charge in [0.25, 0.3) is 5.91 Å². The first-order chi connectivity index (χ1) is 16.0. The van der Waals surface area contributed by atoms with Gasteiger partial charge in [-0.05, 0) is 49.4 Å². The average molecular weight is 463 g/mol. The van der Waals surface area contributed by atoms with Crippen LogP contribution in [0.5, 0.6) is 5.75 Å². The zero-order valence-corrected chi connectivity index (χ0v) is 19.2. The van der Waals surface area contributed by atoms with Crippen molar-refractivity contribution >= 4 is 34.4 Å². The third-order valence-corrected chi connectivity index (χ3v) is 6.01. The normalized spacial score (nSPS) is 14.0. The molecule has 0 N–H and O–H groups in total. The fourth-order valence-corrected chi connectivity index (χ4v) is 4.26. The molecule has 5 rings (SSSR count). The van der Waals surface area contributed by atoms with Crippen molar-refractivity contribution in [2.24, 2.45) is 0 Å². The molecule has 3 heterocycles. The molecule has 168 valence electrons. The first-order valence-electron chi connectivity index (χ1n) is 10.7. The number of methoxy groups -OCH3 is 1. The molecular weight excluding hydrogens is 440 g/mol. The number of halogens is 1. The second-order valence-electron chi connectivity index (χ2n) is 7.88. The van der Waals surface area contributed by atoms with Gasteiger partial charge in [-0.2, -0.15) is 5.10 Å². The van der Waals surface area contributed by atoms with Gasteiger partial charge in [-0.3, -0.25) is 4.79 Å². The molecule has 33 heavy (non-hydrogen) atoms. The lowest BCUT2D eigenvalue weighted by atomic mass is 10.1. The highest BCUT2D eigenvalue weighted by atomic mass is 35.5. The summed E-state index contributed by atoms with van der Waals surface area (Å²) < 4.78 is 6.96. The van der Waals surface area contributed by atoms with Crippen molar-refractivity contribution in [3.8, 4) is 11.4 Å². The predicted molar refractivity (Wildman–Crippen MR) is 128 cm³/mol. The van der Waals surface area contributed by atoms with E-state index in [0.29, 0.717) is 42.6 Å². The molecule has 1 aliphatic heterocycles. The number of aryl methyl sites for hydroxylation is 1. The lowest BCUT2D eigenvalue weighted by Crippen LogP contribution is -2.49. The van der Waals surface area contributed by atoms with Gasteiger partial charge in [-0.25, -0.2) is 14.6 Å². The highest BCUT2D eigenvalue weighted by Gasteiger charge is 2.25. The van der Waals surface area contributed by atoms with Gasteiger partial charge in [-0.15, -0.1) is 0 Å². The summed E-state index contributed by atoms with van der Waals surface area (Å²) in [5, 5.41) is 6.06. The second kappa shape index (κ2) is 8.71. The number of ether oxygens (including phenoxy) is 1. The summed E-state index contributed by atoms with van der Waals surface area (Å²) in [4.78, 5) is 26.3. The Bertz CT molecular complexity index is 1310. The van der Waals surface area contributed by atoms with Crippen LogP contribution in [0.3, 0.4) is 0 Å². The minimum Gasteiger partial charge on any atom is -0.497 e. The molecule has 1 aliphatic rings. The minimum absolute atomic E-state index is 0.0232. The van der Waals surface area contributed by atoms with Gasteiger partial charge in [0.1, 0.15) is 17.4 Å². The number of fused-ring (bicyclic) bond motifs is 1. The summed E-state index contributed by atoms with van der Waals surface area (Å²) in [7, 11) is 1.61. The number of carbonyl (C=O) groups is 1. The van der Waals surface area contributed by atoms with Crippen LogP contribution in [0.4, 0.5) is 5.82 Å². The highest BCUT2D eigenvalue weighted by molar-refractivity contribution is 6.30. The zero-order valence-electron chi connectivity index (χ0n) is 18.4. The standard InChI is InChI=1S/C24H23ClN6O2/c1-16-27-22(21-15-26-31(23(21)28-16)19-5-3-4-18(25)14-19)29-10-12-30(13-11-29)24(32)17-6-8-20(33-2)9-7-17/h3-9,14-15H,10-13H2,1-2H3. The van der Waals surface area contributed by atoms with Crippen molar-refractivity contribution in [1.82, 2.24) is 24.6 Å². The Hall–Kier alpha value is -3.65. The highest BCUT2D eigenvalue weighted by Crippen LogP contribution is 2.27. The van der Waals surface area contributed by atoms with Crippen LogP contribution in [0.15, 0.2) is 54.7 Å². The number of nitrogens with zero attached hydrogens (tertiary/aromatic N) is 6. The molecule has 0 radical (unpaired) electrons. The minimum atomic E-state index is 0.0232. The molecule has 0 saturated carbocycles. The lowest BCUT2D eigenvalue weighted by Gasteiger charge is -2.35.